The van der Waals surface area contributed by atoms with Crippen molar-refractivity contribution >= 4 is 34.9 Å². The molecule has 7 heteroatoms. The summed E-state index contributed by atoms with van der Waals surface area (Å²) in [7, 11) is 1.61. The Kier molecular flexibility index (Phi) is 9.26. The summed E-state index contributed by atoms with van der Waals surface area (Å²) >= 11 is 11.8. The summed E-state index contributed by atoms with van der Waals surface area (Å²) in [6.07, 6.45) is 0.205. The third kappa shape index (κ3) is 6.38. The number of carbonyl (C=O) groups excluding carboxylic acids is 1. The number of alkyl halides is 2. The highest BCUT2D eigenvalue weighted by atomic mass is 35.5. The summed E-state index contributed by atoms with van der Waals surface area (Å²) in [6.45, 7) is 4.89. The molecule has 0 spiro atoms. The van der Waals surface area contributed by atoms with E-state index in [0.29, 0.717) is 31.3 Å². The number of benzene rings is 1. The number of hydrogen-bond acceptors (Lipinski definition) is 5. The number of rotatable bonds is 10. The fourth-order valence-corrected chi connectivity index (χ4v) is 2.73. The highest BCUT2D eigenvalue weighted by Gasteiger charge is 2.19. The fraction of sp³-hybridized carbons (Fsp3) is 0.588. The summed E-state index contributed by atoms with van der Waals surface area (Å²) in [5.74, 6) is 1.28. The molecule has 1 aromatic carbocycles. The number of esters is 1. The summed E-state index contributed by atoms with van der Waals surface area (Å²) in [6, 6.07) is 5.01. The Balaban J connectivity index is 2.97. The van der Waals surface area contributed by atoms with Gasteiger partial charge in [-0.25, -0.2) is 0 Å². The zero-order valence-corrected chi connectivity index (χ0v) is 15.9. The molecule has 24 heavy (non-hydrogen) atoms. The van der Waals surface area contributed by atoms with Gasteiger partial charge in [0.25, 0.3) is 0 Å². The van der Waals surface area contributed by atoms with E-state index in [4.69, 9.17) is 38.4 Å². The molecule has 136 valence electrons. The van der Waals surface area contributed by atoms with Crippen LogP contribution < -0.4 is 15.4 Å². The van der Waals surface area contributed by atoms with E-state index in [2.05, 4.69) is 4.90 Å². The molecule has 0 aliphatic carbocycles. The molecule has 0 heterocycles. The second kappa shape index (κ2) is 10.6. The minimum atomic E-state index is -0.705. The first kappa shape index (κ1) is 20.9. The van der Waals surface area contributed by atoms with Crippen molar-refractivity contribution in [2.75, 3.05) is 36.9 Å². The maximum Gasteiger partial charge on any atom is 0.323 e. The summed E-state index contributed by atoms with van der Waals surface area (Å²) in [5.41, 5.74) is 7.76. The Morgan fingerprint density at radius 3 is 2.38 bits per heavy atom. The van der Waals surface area contributed by atoms with Gasteiger partial charge in [-0.05, 0) is 38.0 Å². The highest BCUT2D eigenvalue weighted by molar-refractivity contribution is 6.18. The van der Waals surface area contributed by atoms with Crippen molar-refractivity contribution in [2.24, 2.45) is 5.73 Å². The van der Waals surface area contributed by atoms with Crippen LogP contribution in [0.25, 0.3) is 0 Å². The average Bonchev–Trinajstić information content (AvgIpc) is 2.54. The largest absolute Gasteiger partial charge is 0.495 e. The monoisotopic (exact) mass is 376 g/mol. The number of methoxy groups -OCH3 is 1. The van der Waals surface area contributed by atoms with E-state index < -0.39 is 12.0 Å². The molecule has 1 rings (SSSR count). The van der Waals surface area contributed by atoms with Crippen LogP contribution >= 0.6 is 23.2 Å². The number of hydrogen-bond donors (Lipinski definition) is 1. The highest BCUT2D eigenvalue weighted by Crippen LogP contribution is 2.30. The Hall–Kier alpha value is -1.17. The van der Waals surface area contributed by atoms with Gasteiger partial charge in [0.05, 0.1) is 18.9 Å². The van der Waals surface area contributed by atoms with Crippen LogP contribution in [-0.2, 0) is 16.0 Å². The first-order chi connectivity index (χ1) is 11.4. The predicted molar refractivity (Wildman–Crippen MR) is 99.6 cm³/mol. The normalized spacial score (nSPS) is 12.1. The van der Waals surface area contributed by atoms with Crippen molar-refractivity contribution in [3.8, 4) is 5.75 Å². The molecular formula is C17H26Cl2N2O3. The number of ether oxygens (including phenoxy) is 2. The van der Waals surface area contributed by atoms with Crippen LogP contribution in [0.2, 0.25) is 0 Å². The third-order valence-electron chi connectivity index (χ3n) is 3.40. The van der Waals surface area contributed by atoms with E-state index in [0.717, 1.165) is 17.0 Å². The standard InChI is InChI=1S/C17H26Cl2N2O3/c1-12(2)24-17(22)14(20)10-13-4-5-16(23-3)15(11-13)21(8-6-18)9-7-19/h4-5,11-12,14H,6-10,20H2,1-3H3/t14-/m0/s1. The lowest BCUT2D eigenvalue weighted by atomic mass is 10.0. The third-order valence-corrected chi connectivity index (χ3v) is 3.74. The molecule has 1 atom stereocenters. The molecule has 0 aliphatic rings. The average molecular weight is 377 g/mol. The van der Waals surface area contributed by atoms with Crippen LogP contribution in [0.4, 0.5) is 5.69 Å². The molecule has 1 aromatic rings. The van der Waals surface area contributed by atoms with E-state index in [1.807, 2.05) is 18.2 Å². The van der Waals surface area contributed by atoms with Crippen LogP contribution in [0.15, 0.2) is 18.2 Å². The van der Waals surface area contributed by atoms with Gasteiger partial charge in [0.1, 0.15) is 11.8 Å². The smallest absolute Gasteiger partial charge is 0.323 e. The summed E-state index contributed by atoms with van der Waals surface area (Å²) in [4.78, 5) is 13.9. The molecule has 0 aromatic heterocycles. The quantitative estimate of drug-likeness (QED) is 0.502. The van der Waals surface area contributed by atoms with Crippen LogP contribution in [0, 0.1) is 0 Å². The van der Waals surface area contributed by atoms with Crippen LogP contribution in [0.5, 0.6) is 5.75 Å². The second-order valence-corrected chi connectivity index (χ2v) is 6.42. The van der Waals surface area contributed by atoms with Crippen molar-refractivity contribution in [1.82, 2.24) is 0 Å². The van der Waals surface area contributed by atoms with Gasteiger partial charge in [-0.3, -0.25) is 4.79 Å². The fourth-order valence-electron chi connectivity index (χ4n) is 2.32. The van der Waals surface area contributed by atoms with E-state index in [1.165, 1.54) is 0 Å². The lowest BCUT2D eigenvalue weighted by molar-refractivity contribution is -0.148. The lowest BCUT2D eigenvalue weighted by Gasteiger charge is -2.25. The van der Waals surface area contributed by atoms with E-state index in [1.54, 1.807) is 21.0 Å². The minimum Gasteiger partial charge on any atom is -0.495 e. The van der Waals surface area contributed by atoms with Crippen molar-refractivity contribution in [3.63, 3.8) is 0 Å². The molecule has 0 radical (unpaired) electrons. The van der Waals surface area contributed by atoms with Gasteiger partial charge in [0.2, 0.25) is 0 Å². The number of nitrogens with zero attached hydrogens (tertiary/aromatic N) is 1. The van der Waals surface area contributed by atoms with Gasteiger partial charge in [-0.15, -0.1) is 23.2 Å². The van der Waals surface area contributed by atoms with E-state index in [9.17, 15) is 4.79 Å². The van der Waals surface area contributed by atoms with Crippen LogP contribution in [0.1, 0.15) is 19.4 Å². The minimum absolute atomic E-state index is 0.182. The van der Waals surface area contributed by atoms with Crippen LogP contribution in [-0.4, -0.2) is 50.1 Å². The first-order valence-electron chi connectivity index (χ1n) is 7.92. The maximum absolute atomic E-state index is 11.9. The first-order valence-corrected chi connectivity index (χ1v) is 8.99. The Bertz CT molecular complexity index is 521. The number of halogens is 2. The molecular weight excluding hydrogens is 351 g/mol. The molecule has 0 aliphatic heterocycles. The van der Waals surface area contributed by atoms with E-state index >= 15 is 0 Å². The van der Waals surface area contributed by atoms with Gasteiger partial charge >= 0.3 is 5.97 Å². The molecule has 2 N–H and O–H groups in total. The molecule has 0 unspecified atom stereocenters. The summed E-state index contributed by atoms with van der Waals surface area (Å²) < 4.78 is 10.6. The SMILES string of the molecule is COc1ccc(C[C@H](N)C(=O)OC(C)C)cc1N(CCCl)CCCl. The van der Waals surface area contributed by atoms with Crippen molar-refractivity contribution < 1.29 is 14.3 Å². The van der Waals surface area contributed by atoms with Crippen molar-refractivity contribution in [1.29, 1.82) is 0 Å². The Morgan fingerprint density at radius 2 is 1.88 bits per heavy atom. The maximum atomic E-state index is 11.9. The Morgan fingerprint density at radius 1 is 1.25 bits per heavy atom. The predicted octanol–water partition coefficient (Wildman–Crippen LogP) is 2.80. The number of anilines is 1. The van der Waals surface area contributed by atoms with Gasteiger partial charge < -0.3 is 20.1 Å². The van der Waals surface area contributed by atoms with E-state index in [-0.39, 0.29) is 6.10 Å². The van der Waals surface area contributed by atoms with Gasteiger partial charge in [0, 0.05) is 24.8 Å². The van der Waals surface area contributed by atoms with Crippen LogP contribution in [0.3, 0.4) is 0 Å². The summed E-state index contributed by atoms with van der Waals surface area (Å²) in [5, 5.41) is 0. The number of nitrogens with two attached hydrogens (primary N) is 1. The molecule has 0 bridgehead atoms. The van der Waals surface area contributed by atoms with Gasteiger partial charge in [-0.1, -0.05) is 6.07 Å². The zero-order valence-electron chi connectivity index (χ0n) is 14.4. The number of carbonyl (C=O) groups is 1. The topological polar surface area (TPSA) is 64.8 Å². The Labute approximate surface area is 154 Å². The molecule has 0 saturated carbocycles. The molecule has 0 fully saturated rings. The lowest BCUT2D eigenvalue weighted by Crippen LogP contribution is -2.35. The van der Waals surface area contributed by atoms with Crippen molar-refractivity contribution in [3.05, 3.63) is 23.8 Å². The molecule has 0 saturated heterocycles. The van der Waals surface area contributed by atoms with Crippen molar-refractivity contribution in [2.45, 2.75) is 32.4 Å². The molecule has 5 nitrogen and oxygen atoms in total. The zero-order chi connectivity index (χ0) is 18.1. The van der Waals surface area contributed by atoms with Gasteiger partial charge in [-0.2, -0.15) is 0 Å². The molecule has 0 amide bonds. The van der Waals surface area contributed by atoms with Gasteiger partial charge in [0.15, 0.2) is 0 Å². The second-order valence-electron chi connectivity index (χ2n) is 5.67.